The lowest BCUT2D eigenvalue weighted by molar-refractivity contribution is 0.0995. The maximum absolute atomic E-state index is 12.4. The van der Waals surface area contributed by atoms with Gasteiger partial charge in [0.1, 0.15) is 5.69 Å². The van der Waals surface area contributed by atoms with Crippen molar-refractivity contribution in [2.75, 3.05) is 4.72 Å². The highest BCUT2D eigenvalue weighted by Gasteiger charge is 2.19. The summed E-state index contributed by atoms with van der Waals surface area (Å²) in [7, 11) is -3.76. The highest BCUT2D eigenvalue weighted by Crippen LogP contribution is 2.33. The van der Waals surface area contributed by atoms with Crippen LogP contribution in [0.15, 0.2) is 35.2 Å². The first-order valence-corrected chi connectivity index (χ1v) is 9.42. The van der Waals surface area contributed by atoms with Gasteiger partial charge in [-0.2, -0.15) is 5.10 Å². The molecular weight excluding hydrogens is 328 g/mol. The van der Waals surface area contributed by atoms with Gasteiger partial charge in [-0.05, 0) is 36.5 Å². The molecule has 4 N–H and O–H groups in total. The van der Waals surface area contributed by atoms with Crippen molar-refractivity contribution in [3.05, 3.63) is 41.6 Å². The summed E-state index contributed by atoms with van der Waals surface area (Å²) in [6, 6.07) is 8.23. The molecule has 7 nitrogen and oxygen atoms in total. The van der Waals surface area contributed by atoms with E-state index < -0.39 is 15.9 Å². The van der Waals surface area contributed by atoms with Crippen molar-refractivity contribution in [1.82, 2.24) is 10.2 Å². The Bertz CT molecular complexity index is 821. The topological polar surface area (TPSA) is 118 Å². The fourth-order valence-electron chi connectivity index (χ4n) is 3.05. The van der Waals surface area contributed by atoms with Gasteiger partial charge in [0.15, 0.2) is 5.82 Å². The van der Waals surface area contributed by atoms with Crippen LogP contribution in [0.5, 0.6) is 0 Å². The number of anilines is 1. The van der Waals surface area contributed by atoms with Gasteiger partial charge >= 0.3 is 0 Å². The van der Waals surface area contributed by atoms with Crippen LogP contribution < -0.4 is 10.5 Å². The molecule has 0 atom stereocenters. The number of primary amides is 1. The van der Waals surface area contributed by atoms with E-state index in [2.05, 4.69) is 14.9 Å². The number of carbonyl (C=O) groups excluding carboxylic acids is 1. The largest absolute Gasteiger partial charge is 0.364 e. The Balaban J connectivity index is 1.75. The second kappa shape index (κ2) is 6.64. The van der Waals surface area contributed by atoms with Crippen LogP contribution in [0, 0.1) is 0 Å². The van der Waals surface area contributed by atoms with E-state index in [0.717, 1.165) is 12.8 Å². The molecule has 0 spiro atoms. The monoisotopic (exact) mass is 348 g/mol. The highest BCUT2D eigenvalue weighted by molar-refractivity contribution is 7.92. The van der Waals surface area contributed by atoms with Crippen LogP contribution in [0.25, 0.3) is 0 Å². The molecule has 1 amide bonds. The van der Waals surface area contributed by atoms with E-state index in [1.807, 2.05) is 12.1 Å². The number of amides is 1. The van der Waals surface area contributed by atoms with Gasteiger partial charge in [-0.15, -0.1) is 0 Å². The Labute approximate surface area is 140 Å². The van der Waals surface area contributed by atoms with Gasteiger partial charge in [0.2, 0.25) is 0 Å². The van der Waals surface area contributed by atoms with E-state index in [-0.39, 0.29) is 16.4 Å². The highest BCUT2D eigenvalue weighted by atomic mass is 32.2. The molecule has 1 aromatic carbocycles. The van der Waals surface area contributed by atoms with Crippen LogP contribution >= 0.6 is 0 Å². The van der Waals surface area contributed by atoms with E-state index in [0.29, 0.717) is 5.92 Å². The SMILES string of the molecule is NC(=O)c1cc(NS(=O)(=O)c2ccc(C3CCCCC3)cc2)n[nH]1. The van der Waals surface area contributed by atoms with E-state index in [4.69, 9.17) is 5.73 Å². The van der Waals surface area contributed by atoms with Crippen LogP contribution in [-0.4, -0.2) is 24.5 Å². The number of rotatable bonds is 5. The van der Waals surface area contributed by atoms with Crippen molar-refractivity contribution in [2.24, 2.45) is 5.73 Å². The van der Waals surface area contributed by atoms with Crippen molar-refractivity contribution >= 4 is 21.7 Å². The summed E-state index contributed by atoms with van der Waals surface area (Å²) in [5.74, 6) is -0.155. The molecule has 1 saturated carbocycles. The van der Waals surface area contributed by atoms with E-state index in [1.54, 1.807) is 12.1 Å². The quantitative estimate of drug-likeness (QED) is 0.768. The molecule has 1 aliphatic rings. The Morgan fingerprint density at radius 3 is 2.42 bits per heavy atom. The van der Waals surface area contributed by atoms with Crippen LogP contribution in [0.2, 0.25) is 0 Å². The number of hydrogen-bond donors (Lipinski definition) is 3. The molecule has 1 heterocycles. The minimum absolute atomic E-state index is 0.0279. The second-order valence-electron chi connectivity index (χ2n) is 6.04. The molecule has 24 heavy (non-hydrogen) atoms. The molecule has 0 unspecified atom stereocenters. The molecule has 1 aliphatic carbocycles. The molecule has 1 aromatic heterocycles. The number of nitrogens with one attached hydrogen (secondary N) is 2. The number of nitrogens with two attached hydrogens (primary N) is 1. The van der Waals surface area contributed by atoms with E-state index in [1.165, 1.54) is 30.9 Å². The predicted octanol–water partition coefficient (Wildman–Crippen LogP) is 2.36. The number of benzene rings is 1. The number of sulfonamides is 1. The summed E-state index contributed by atoms with van der Waals surface area (Å²) >= 11 is 0. The first kappa shape index (κ1) is 16.5. The van der Waals surface area contributed by atoms with Crippen molar-refractivity contribution in [2.45, 2.75) is 42.9 Å². The first-order valence-electron chi connectivity index (χ1n) is 7.94. The third-order valence-electron chi connectivity index (χ3n) is 4.35. The number of H-pyrrole nitrogens is 1. The fraction of sp³-hybridized carbons (Fsp3) is 0.375. The molecule has 128 valence electrons. The van der Waals surface area contributed by atoms with Crippen LogP contribution in [0.4, 0.5) is 5.82 Å². The maximum atomic E-state index is 12.4. The maximum Gasteiger partial charge on any atom is 0.266 e. The van der Waals surface area contributed by atoms with Gasteiger partial charge in [0.25, 0.3) is 15.9 Å². The summed E-state index contributed by atoms with van der Waals surface area (Å²) in [6.45, 7) is 0. The zero-order chi connectivity index (χ0) is 17.2. The number of aromatic amines is 1. The summed E-state index contributed by atoms with van der Waals surface area (Å²) in [4.78, 5) is 11.2. The standard InChI is InChI=1S/C16H20N4O3S/c17-16(21)14-10-15(19-18-14)20-24(22,23)13-8-6-12(7-9-13)11-4-2-1-3-5-11/h6-11H,1-5H2,(H2,17,21)(H2,18,19,20). The second-order valence-corrected chi connectivity index (χ2v) is 7.72. The number of carbonyl (C=O) groups is 1. The molecule has 0 radical (unpaired) electrons. The molecule has 8 heteroatoms. The van der Waals surface area contributed by atoms with Crippen LogP contribution in [0.1, 0.15) is 54.1 Å². The lowest BCUT2D eigenvalue weighted by atomic mass is 9.84. The molecule has 2 aromatic rings. The molecular formula is C16H20N4O3S. The Kier molecular flexibility index (Phi) is 4.57. The smallest absolute Gasteiger partial charge is 0.266 e. The number of nitrogens with zero attached hydrogens (tertiary/aromatic N) is 1. The average molecular weight is 348 g/mol. The lowest BCUT2D eigenvalue weighted by Crippen LogP contribution is -2.13. The van der Waals surface area contributed by atoms with E-state index >= 15 is 0 Å². The summed E-state index contributed by atoms with van der Waals surface area (Å²) in [5, 5.41) is 6.10. The van der Waals surface area contributed by atoms with Crippen molar-refractivity contribution in [1.29, 1.82) is 0 Å². The minimum Gasteiger partial charge on any atom is -0.364 e. The molecule has 1 fully saturated rings. The van der Waals surface area contributed by atoms with Crippen LogP contribution in [-0.2, 0) is 10.0 Å². The third kappa shape index (κ3) is 3.59. The van der Waals surface area contributed by atoms with Gasteiger partial charge in [-0.3, -0.25) is 14.6 Å². The van der Waals surface area contributed by atoms with Crippen molar-refractivity contribution in [3.8, 4) is 0 Å². The normalized spacial score (nSPS) is 16.0. The summed E-state index contributed by atoms with van der Waals surface area (Å²) < 4.78 is 27.1. The number of hydrogen-bond acceptors (Lipinski definition) is 4. The van der Waals surface area contributed by atoms with Gasteiger partial charge in [-0.1, -0.05) is 31.4 Å². The van der Waals surface area contributed by atoms with Gasteiger partial charge in [0, 0.05) is 6.07 Å². The molecule has 0 saturated heterocycles. The fourth-order valence-corrected chi connectivity index (χ4v) is 4.04. The third-order valence-corrected chi connectivity index (χ3v) is 5.72. The Morgan fingerprint density at radius 1 is 1.17 bits per heavy atom. The molecule has 0 aliphatic heterocycles. The Morgan fingerprint density at radius 2 is 1.83 bits per heavy atom. The van der Waals surface area contributed by atoms with Gasteiger partial charge in [-0.25, -0.2) is 8.42 Å². The zero-order valence-corrected chi connectivity index (χ0v) is 14.0. The Hall–Kier alpha value is -2.35. The summed E-state index contributed by atoms with van der Waals surface area (Å²) in [5.41, 5.74) is 6.33. The molecule has 0 bridgehead atoms. The minimum atomic E-state index is -3.76. The molecule has 3 rings (SSSR count). The van der Waals surface area contributed by atoms with Gasteiger partial charge in [0.05, 0.1) is 4.90 Å². The van der Waals surface area contributed by atoms with Crippen molar-refractivity contribution in [3.63, 3.8) is 0 Å². The van der Waals surface area contributed by atoms with E-state index in [9.17, 15) is 13.2 Å². The summed E-state index contributed by atoms with van der Waals surface area (Å²) in [6.07, 6.45) is 6.06. The lowest BCUT2D eigenvalue weighted by Gasteiger charge is -2.22. The van der Waals surface area contributed by atoms with Gasteiger partial charge < -0.3 is 5.73 Å². The predicted molar refractivity (Wildman–Crippen MR) is 90.2 cm³/mol. The van der Waals surface area contributed by atoms with Crippen LogP contribution in [0.3, 0.4) is 0 Å². The zero-order valence-electron chi connectivity index (χ0n) is 13.2. The average Bonchev–Trinajstić information content (AvgIpc) is 3.04. The number of aromatic nitrogens is 2. The first-order chi connectivity index (χ1) is 11.5. The van der Waals surface area contributed by atoms with Crippen molar-refractivity contribution < 1.29 is 13.2 Å².